The van der Waals surface area contributed by atoms with Crippen LogP contribution in [0.1, 0.15) is 44.7 Å². The maximum Gasteiger partial charge on any atom is 0.416 e. The maximum atomic E-state index is 12.6. The average molecular weight is 376 g/mol. The molecule has 1 aromatic carbocycles. The highest BCUT2D eigenvalue weighted by atomic mass is 32.1. The molecule has 0 heterocycles. The molecule has 140 valence electrons. The first kappa shape index (κ1) is 21.2. The molecule has 1 atom stereocenters. The molecular weight excluding hydrogens is 353 g/mol. The van der Waals surface area contributed by atoms with Gasteiger partial charge in [-0.25, -0.2) is 4.79 Å². The number of rotatable bonds is 6. The number of benzene rings is 1. The molecule has 0 aliphatic rings. The highest BCUT2D eigenvalue weighted by Gasteiger charge is 2.30. The van der Waals surface area contributed by atoms with Crippen molar-refractivity contribution in [1.29, 1.82) is 0 Å². The van der Waals surface area contributed by atoms with Crippen LogP contribution in [0.25, 0.3) is 0 Å². The second-order valence-electron chi connectivity index (χ2n) is 6.75. The van der Waals surface area contributed by atoms with Crippen molar-refractivity contribution in [2.75, 3.05) is 0 Å². The van der Waals surface area contributed by atoms with E-state index in [1.165, 1.54) is 12.1 Å². The van der Waals surface area contributed by atoms with E-state index < -0.39 is 23.4 Å². The number of alkyl carbamates (subject to hydrolysis) is 1. The fourth-order valence-corrected chi connectivity index (χ4v) is 2.25. The molecule has 0 saturated heterocycles. The summed E-state index contributed by atoms with van der Waals surface area (Å²) >= 11 is 4.85. The lowest BCUT2D eigenvalue weighted by atomic mass is 10.0. The molecule has 0 spiro atoms. The van der Waals surface area contributed by atoms with E-state index in [1.54, 1.807) is 20.8 Å². The molecule has 1 aromatic rings. The largest absolute Gasteiger partial charge is 0.444 e. The van der Waals surface area contributed by atoms with Crippen LogP contribution < -0.4 is 11.1 Å². The van der Waals surface area contributed by atoms with Gasteiger partial charge in [0.1, 0.15) is 5.60 Å². The summed E-state index contributed by atoms with van der Waals surface area (Å²) in [5.41, 5.74) is 4.80. The molecule has 8 heteroatoms. The highest BCUT2D eigenvalue weighted by molar-refractivity contribution is 7.80. The summed E-state index contributed by atoms with van der Waals surface area (Å²) in [7, 11) is 0. The van der Waals surface area contributed by atoms with Gasteiger partial charge in [-0.3, -0.25) is 0 Å². The number of hydrogen-bond acceptors (Lipinski definition) is 3. The van der Waals surface area contributed by atoms with Gasteiger partial charge in [-0.05, 0) is 57.7 Å². The Morgan fingerprint density at radius 1 is 1.24 bits per heavy atom. The Morgan fingerprint density at radius 2 is 1.80 bits per heavy atom. The third kappa shape index (κ3) is 8.72. The number of ether oxygens (including phenoxy) is 1. The van der Waals surface area contributed by atoms with Gasteiger partial charge < -0.3 is 15.8 Å². The van der Waals surface area contributed by atoms with Crippen molar-refractivity contribution < 1.29 is 22.7 Å². The van der Waals surface area contributed by atoms with E-state index >= 15 is 0 Å². The Balaban J connectivity index is 2.79. The number of thiocarbonyl (C=S) groups is 1. The van der Waals surface area contributed by atoms with Gasteiger partial charge in [0.25, 0.3) is 0 Å². The summed E-state index contributed by atoms with van der Waals surface area (Å²) in [5, 5.41) is 2.72. The van der Waals surface area contributed by atoms with Gasteiger partial charge >= 0.3 is 12.3 Å². The molecule has 0 bridgehead atoms. The predicted molar refractivity (Wildman–Crippen MR) is 94.3 cm³/mol. The lowest BCUT2D eigenvalue weighted by Gasteiger charge is -2.24. The topological polar surface area (TPSA) is 64.3 Å². The molecule has 0 fully saturated rings. The number of alkyl halides is 3. The minimum atomic E-state index is -4.38. The van der Waals surface area contributed by atoms with Crippen LogP contribution in [0.5, 0.6) is 0 Å². The van der Waals surface area contributed by atoms with Gasteiger partial charge in [-0.2, -0.15) is 13.2 Å². The summed E-state index contributed by atoms with van der Waals surface area (Å²) in [6.07, 6.45) is -3.74. The molecule has 0 unspecified atom stereocenters. The van der Waals surface area contributed by atoms with E-state index in [0.717, 1.165) is 12.1 Å². The second kappa shape index (κ2) is 8.51. The first-order valence-corrected chi connectivity index (χ1v) is 8.21. The number of halogens is 3. The summed E-state index contributed by atoms with van der Waals surface area (Å²) in [6, 6.07) is 4.48. The number of nitrogens with two attached hydrogens (primary N) is 1. The third-order valence-corrected chi connectivity index (χ3v) is 3.43. The van der Waals surface area contributed by atoms with Crippen molar-refractivity contribution >= 4 is 23.3 Å². The van der Waals surface area contributed by atoms with Crippen LogP contribution in [-0.4, -0.2) is 22.7 Å². The summed E-state index contributed by atoms with van der Waals surface area (Å²) in [6.45, 7) is 5.23. The van der Waals surface area contributed by atoms with Crippen molar-refractivity contribution in [1.82, 2.24) is 5.32 Å². The first-order valence-electron chi connectivity index (χ1n) is 7.81. The first-order chi connectivity index (χ1) is 11.4. The fourth-order valence-electron chi connectivity index (χ4n) is 2.13. The fraction of sp³-hybridized carbons (Fsp3) is 0.529. The van der Waals surface area contributed by atoms with Crippen LogP contribution in [-0.2, 0) is 17.3 Å². The Morgan fingerprint density at radius 3 is 2.24 bits per heavy atom. The second-order valence-corrected chi connectivity index (χ2v) is 7.27. The van der Waals surface area contributed by atoms with E-state index in [9.17, 15) is 18.0 Å². The summed E-state index contributed by atoms with van der Waals surface area (Å²) < 4.78 is 43.1. The normalized spacial score (nSPS) is 13.2. The number of hydrogen-bond donors (Lipinski definition) is 2. The molecular formula is C17H23F3N2O2S. The lowest BCUT2D eigenvalue weighted by Crippen LogP contribution is -2.40. The van der Waals surface area contributed by atoms with Crippen LogP contribution in [0.3, 0.4) is 0 Å². The van der Waals surface area contributed by atoms with Gasteiger partial charge in [-0.15, -0.1) is 0 Å². The minimum absolute atomic E-state index is 0.309. The molecule has 0 aliphatic carbocycles. The smallest absolute Gasteiger partial charge is 0.416 e. The van der Waals surface area contributed by atoms with Crippen molar-refractivity contribution in [3.8, 4) is 0 Å². The van der Waals surface area contributed by atoms with Gasteiger partial charge in [0.2, 0.25) is 0 Å². The Labute approximate surface area is 150 Å². The van der Waals surface area contributed by atoms with Gasteiger partial charge in [-0.1, -0.05) is 24.4 Å². The van der Waals surface area contributed by atoms with Gasteiger partial charge in [0.05, 0.1) is 10.6 Å². The molecule has 1 amide bonds. The summed E-state index contributed by atoms with van der Waals surface area (Å²) in [4.78, 5) is 12.3. The quantitative estimate of drug-likeness (QED) is 0.730. The minimum Gasteiger partial charge on any atom is -0.444 e. The molecule has 3 N–H and O–H groups in total. The monoisotopic (exact) mass is 376 g/mol. The molecule has 0 radical (unpaired) electrons. The number of amides is 1. The third-order valence-electron chi connectivity index (χ3n) is 3.22. The summed E-state index contributed by atoms with van der Waals surface area (Å²) in [5.74, 6) is 0. The number of carbonyl (C=O) groups excluding carboxylic acids is 1. The molecule has 0 aliphatic heterocycles. The standard InChI is InChI=1S/C17H23F3N2O2S/c1-16(2,3)24-15(23)22-13(8-9-14(21)25)10-11-4-6-12(7-5-11)17(18,19)20/h4-7,13H,8-10H2,1-3H3,(H2,21,25)(H,22,23)/t13-/m1/s1. The van der Waals surface area contributed by atoms with Crippen molar-refractivity contribution in [3.63, 3.8) is 0 Å². The van der Waals surface area contributed by atoms with E-state index in [1.807, 2.05) is 0 Å². The zero-order valence-electron chi connectivity index (χ0n) is 14.4. The van der Waals surface area contributed by atoms with Crippen molar-refractivity contribution in [2.24, 2.45) is 5.73 Å². The van der Waals surface area contributed by atoms with Gasteiger partial charge in [0.15, 0.2) is 0 Å². The lowest BCUT2D eigenvalue weighted by molar-refractivity contribution is -0.137. The van der Waals surface area contributed by atoms with Crippen molar-refractivity contribution in [2.45, 2.75) is 57.9 Å². The van der Waals surface area contributed by atoms with E-state index in [2.05, 4.69) is 5.32 Å². The van der Waals surface area contributed by atoms with Crippen LogP contribution in [0.15, 0.2) is 24.3 Å². The molecule has 25 heavy (non-hydrogen) atoms. The van der Waals surface area contributed by atoms with Crippen LogP contribution in [0, 0.1) is 0 Å². The van der Waals surface area contributed by atoms with Gasteiger partial charge in [0, 0.05) is 6.04 Å². The van der Waals surface area contributed by atoms with E-state index in [-0.39, 0.29) is 6.04 Å². The number of nitrogens with one attached hydrogen (secondary N) is 1. The van der Waals surface area contributed by atoms with Crippen molar-refractivity contribution in [3.05, 3.63) is 35.4 Å². The van der Waals surface area contributed by atoms with E-state index in [4.69, 9.17) is 22.7 Å². The maximum absolute atomic E-state index is 12.6. The Bertz CT molecular complexity index is 595. The Hall–Kier alpha value is -1.83. The average Bonchev–Trinajstić information content (AvgIpc) is 2.42. The van der Waals surface area contributed by atoms with Crippen LogP contribution in [0.2, 0.25) is 0 Å². The molecule has 0 aromatic heterocycles. The SMILES string of the molecule is CC(C)(C)OC(=O)N[C@H](CCC(N)=S)Cc1ccc(C(F)(F)F)cc1. The highest BCUT2D eigenvalue weighted by Crippen LogP contribution is 2.29. The van der Waals surface area contributed by atoms with Crippen LogP contribution in [0.4, 0.5) is 18.0 Å². The van der Waals surface area contributed by atoms with E-state index in [0.29, 0.717) is 29.8 Å². The molecule has 4 nitrogen and oxygen atoms in total. The predicted octanol–water partition coefficient (Wildman–Crippen LogP) is 4.21. The molecule has 0 saturated carbocycles. The number of carbonyl (C=O) groups is 1. The zero-order chi connectivity index (χ0) is 19.3. The Kier molecular flexibility index (Phi) is 7.22. The van der Waals surface area contributed by atoms with Crippen LogP contribution >= 0.6 is 12.2 Å². The zero-order valence-corrected chi connectivity index (χ0v) is 15.3. The molecule has 1 rings (SSSR count).